The number of aryl methyl sites for hydroxylation is 1. The van der Waals surface area contributed by atoms with Crippen LogP contribution in [-0.4, -0.2) is 17.0 Å². The van der Waals surface area contributed by atoms with Crippen LogP contribution in [0, 0.1) is 18.3 Å². The van der Waals surface area contributed by atoms with E-state index in [1.807, 2.05) is 43.1 Å². The van der Waals surface area contributed by atoms with Gasteiger partial charge >= 0.3 is 0 Å². The highest BCUT2D eigenvalue weighted by molar-refractivity contribution is 5.61. The van der Waals surface area contributed by atoms with E-state index >= 15 is 0 Å². The minimum atomic E-state index is 0.639. The van der Waals surface area contributed by atoms with Crippen LogP contribution in [0.25, 0.3) is 0 Å². The van der Waals surface area contributed by atoms with Crippen LogP contribution < -0.4 is 4.90 Å². The maximum Gasteiger partial charge on any atom is 0.136 e. The molecule has 84 valence electrons. The van der Waals surface area contributed by atoms with E-state index in [4.69, 9.17) is 5.26 Å². The van der Waals surface area contributed by atoms with Gasteiger partial charge in [-0.1, -0.05) is 6.07 Å². The molecule has 0 saturated carbocycles. The van der Waals surface area contributed by atoms with Crippen molar-refractivity contribution in [3.8, 4) is 6.07 Å². The largest absolute Gasteiger partial charge is 0.329 e. The van der Waals surface area contributed by atoms with Crippen LogP contribution in [0.5, 0.6) is 0 Å². The van der Waals surface area contributed by atoms with Gasteiger partial charge < -0.3 is 4.90 Å². The van der Waals surface area contributed by atoms with E-state index in [0.717, 1.165) is 17.2 Å². The molecule has 0 fully saturated rings. The van der Waals surface area contributed by atoms with Crippen molar-refractivity contribution in [1.29, 1.82) is 5.26 Å². The fraction of sp³-hybridized carbons (Fsp3) is 0.154. The Morgan fingerprint density at radius 3 is 2.76 bits per heavy atom. The van der Waals surface area contributed by atoms with Gasteiger partial charge in [0.2, 0.25) is 0 Å². The van der Waals surface area contributed by atoms with Crippen molar-refractivity contribution in [2.75, 3.05) is 11.9 Å². The van der Waals surface area contributed by atoms with E-state index in [0.29, 0.717) is 5.56 Å². The van der Waals surface area contributed by atoms with Gasteiger partial charge in [0.1, 0.15) is 12.1 Å². The normalized spacial score (nSPS) is 9.71. The van der Waals surface area contributed by atoms with Crippen molar-refractivity contribution < 1.29 is 0 Å². The maximum absolute atomic E-state index is 8.86. The molecule has 17 heavy (non-hydrogen) atoms. The van der Waals surface area contributed by atoms with Crippen molar-refractivity contribution in [2.24, 2.45) is 0 Å². The summed E-state index contributed by atoms with van der Waals surface area (Å²) in [6, 6.07) is 11.4. The zero-order chi connectivity index (χ0) is 12.3. The molecule has 4 heteroatoms. The molecule has 0 saturated heterocycles. The molecule has 2 aromatic rings. The minimum absolute atomic E-state index is 0.639. The highest BCUT2D eigenvalue weighted by atomic mass is 15.2. The van der Waals surface area contributed by atoms with Gasteiger partial charge in [-0.05, 0) is 25.1 Å². The summed E-state index contributed by atoms with van der Waals surface area (Å²) < 4.78 is 0. The van der Waals surface area contributed by atoms with Gasteiger partial charge in [0.05, 0.1) is 11.6 Å². The predicted molar refractivity (Wildman–Crippen MR) is 66.0 cm³/mol. The molecule has 1 heterocycles. The summed E-state index contributed by atoms with van der Waals surface area (Å²) in [6.07, 6.45) is 1.54. The second-order valence-electron chi connectivity index (χ2n) is 3.74. The lowest BCUT2D eigenvalue weighted by Gasteiger charge is -2.18. The molecule has 0 atom stereocenters. The van der Waals surface area contributed by atoms with Crippen LogP contribution in [0.15, 0.2) is 36.7 Å². The molecule has 0 spiro atoms. The molecule has 0 radical (unpaired) electrons. The summed E-state index contributed by atoms with van der Waals surface area (Å²) >= 11 is 0. The quantitative estimate of drug-likeness (QED) is 0.786. The first-order valence-corrected chi connectivity index (χ1v) is 5.23. The fourth-order valence-electron chi connectivity index (χ4n) is 1.54. The molecule has 1 aromatic carbocycles. The predicted octanol–water partition coefficient (Wildman–Crippen LogP) is 2.42. The highest BCUT2D eigenvalue weighted by Gasteiger charge is 2.06. The van der Waals surface area contributed by atoms with Crippen LogP contribution in [0.1, 0.15) is 11.3 Å². The second-order valence-corrected chi connectivity index (χ2v) is 3.74. The summed E-state index contributed by atoms with van der Waals surface area (Å²) in [5.41, 5.74) is 2.49. The van der Waals surface area contributed by atoms with Gasteiger partial charge in [0.25, 0.3) is 0 Å². The van der Waals surface area contributed by atoms with Crippen LogP contribution in [-0.2, 0) is 0 Å². The lowest BCUT2D eigenvalue weighted by molar-refractivity contribution is 1.05. The average Bonchev–Trinajstić information content (AvgIpc) is 2.38. The SMILES string of the molecule is Cc1cc(N(C)c2cccc(C#N)c2)ncn1. The molecule has 2 rings (SSSR count). The molecular weight excluding hydrogens is 212 g/mol. The first kappa shape index (κ1) is 11.1. The van der Waals surface area contributed by atoms with E-state index in [1.54, 1.807) is 6.07 Å². The van der Waals surface area contributed by atoms with E-state index in [1.165, 1.54) is 6.33 Å². The van der Waals surface area contributed by atoms with Crippen LogP contribution >= 0.6 is 0 Å². The maximum atomic E-state index is 8.86. The molecule has 4 nitrogen and oxygen atoms in total. The van der Waals surface area contributed by atoms with Crippen LogP contribution in [0.4, 0.5) is 11.5 Å². The number of hydrogen-bond acceptors (Lipinski definition) is 4. The number of rotatable bonds is 2. The molecule has 0 bridgehead atoms. The van der Waals surface area contributed by atoms with Crippen molar-refractivity contribution in [1.82, 2.24) is 9.97 Å². The fourth-order valence-corrected chi connectivity index (χ4v) is 1.54. The van der Waals surface area contributed by atoms with Gasteiger partial charge in [-0.25, -0.2) is 9.97 Å². The molecule has 0 aliphatic rings. The summed E-state index contributed by atoms with van der Waals surface area (Å²) in [5, 5.41) is 8.86. The lowest BCUT2D eigenvalue weighted by atomic mass is 10.2. The zero-order valence-corrected chi connectivity index (χ0v) is 9.75. The van der Waals surface area contributed by atoms with Gasteiger partial charge in [0, 0.05) is 24.5 Å². The van der Waals surface area contributed by atoms with E-state index in [-0.39, 0.29) is 0 Å². The summed E-state index contributed by atoms with van der Waals surface area (Å²) in [7, 11) is 1.91. The van der Waals surface area contributed by atoms with Gasteiger partial charge in [-0.3, -0.25) is 0 Å². The third-order valence-corrected chi connectivity index (χ3v) is 2.50. The number of benzene rings is 1. The number of hydrogen-bond donors (Lipinski definition) is 0. The third-order valence-electron chi connectivity index (χ3n) is 2.50. The number of anilines is 2. The van der Waals surface area contributed by atoms with Crippen molar-refractivity contribution in [3.63, 3.8) is 0 Å². The standard InChI is InChI=1S/C13H12N4/c1-10-6-13(16-9-15-10)17(2)12-5-3-4-11(7-12)8-14/h3-7,9H,1-2H3. The Labute approximate surface area is 100 Å². The monoisotopic (exact) mass is 224 g/mol. The molecule has 0 amide bonds. The second kappa shape index (κ2) is 4.62. The van der Waals surface area contributed by atoms with Crippen LogP contribution in [0.2, 0.25) is 0 Å². The van der Waals surface area contributed by atoms with Crippen LogP contribution in [0.3, 0.4) is 0 Å². The number of aromatic nitrogens is 2. The smallest absolute Gasteiger partial charge is 0.136 e. The average molecular weight is 224 g/mol. The number of nitriles is 1. The molecule has 1 aromatic heterocycles. The summed E-state index contributed by atoms with van der Waals surface area (Å²) in [6.45, 7) is 1.92. The van der Waals surface area contributed by atoms with Gasteiger partial charge in [-0.2, -0.15) is 5.26 Å². The van der Waals surface area contributed by atoms with Gasteiger partial charge in [0.15, 0.2) is 0 Å². The highest BCUT2D eigenvalue weighted by Crippen LogP contribution is 2.22. The van der Waals surface area contributed by atoms with E-state index in [9.17, 15) is 0 Å². The molecule has 0 aliphatic heterocycles. The van der Waals surface area contributed by atoms with Crippen molar-refractivity contribution in [2.45, 2.75) is 6.92 Å². The van der Waals surface area contributed by atoms with Gasteiger partial charge in [-0.15, -0.1) is 0 Å². The molecule has 0 unspecified atom stereocenters. The summed E-state index contributed by atoms with van der Waals surface area (Å²) in [4.78, 5) is 10.2. The molecular formula is C13H12N4. The van der Waals surface area contributed by atoms with E-state index in [2.05, 4.69) is 16.0 Å². The lowest BCUT2D eigenvalue weighted by Crippen LogP contribution is -2.11. The van der Waals surface area contributed by atoms with Crippen molar-refractivity contribution in [3.05, 3.63) is 47.9 Å². The Morgan fingerprint density at radius 1 is 1.24 bits per heavy atom. The Hall–Kier alpha value is -2.41. The number of nitrogens with zero attached hydrogens (tertiary/aromatic N) is 4. The molecule has 0 N–H and O–H groups in total. The Kier molecular flexibility index (Phi) is 3.01. The van der Waals surface area contributed by atoms with Crippen molar-refractivity contribution >= 4 is 11.5 Å². The Bertz CT molecular complexity index is 572. The first-order valence-electron chi connectivity index (χ1n) is 5.23. The Balaban J connectivity index is 2.37. The third kappa shape index (κ3) is 2.40. The zero-order valence-electron chi connectivity index (χ0n) is 9.75. The Morgan fingerprint density at radius 2 is 2.06 bits per heavy atom. The van der Waals surface area contributed by atoms with E-state index < -0.39 is 0 Å². The molecule has 0 aliphatic carbocycles. The topological polar surface area (TPSA) is 52.8 Å². The first-order chi connectivity index (χ1) is 8.20. The minimum Gasteiger partial charge on any atom is -0.329 e. The summed E-state index contributed by atoms with van der Waals surface area (Å²) in [5.74, 6) is 0.813.